The summed E-state index contributed by atoms with van der Waals surface area (Å²) in [4.78, 5) is 33.4. The standard InChI is InChI=1S/C26H37N5O4/c32-24-18-30-17-19-15-21(8-9-23(19)28-26(30)29-24)34-13-4-7-25(33)31(20-5-2-1-3-6-20)12-10-22-16-27-11-14-35-22/h8-9,15,20,22,27H,1-7,10-14,16-18H2,(H,28,29,32). The third-order valence-electron chi connectivity index (χ3n) is 7.36. The van der Waals surface area contributed by atoms with Gasteiger partial charge in [0.15, 0.2) is 0 Å². The van der Waals surface area contributed by atoms with Gasteiger partial charge in [-0.2, -0.15) is 0 Å². The van der Waals surface area contributed by atoms with E-state index in [0.29, 0.717) is 44.5 Å². The van der Waals surface area contributed by atoms with Crippen LogP contribution in [0.4, 0.5) is 5.69 Å². The van der Waals surface area contributed by atoms with Gasteiger partial charge in [0.25, 0.3) is 0 Å². The Hall–Kier alpha value is -2.65. The van der Waals surface area contributed by atoms with Crippen molar-refractivity contribution in [3.63, 3.8) is 0 Å². The van der Waals surface area contributed by atoms with Crippen molar-refractivity contribution < 1.29 is 19.1 Å². The van der Waals surface area contributed by atoms with Gasteiger partial charge in [0, 0.05) is 44.2 Å². The molecule has 3 heterocycles. The van der Waals surface area contributed by atoms with E-state index in [-0.39, 0.29) is 17.9 Å². The quantitative estimate of drug-likeness (QED) is 0.524. The molecule has 0 aromatic heterocycles. The SMILES string of the molecule is O=C1CN2Cc3cc(OCCCC(=O)N(CCC4CNCCO4)C4CCCCC4)ccc3N=C2N1. The largest absolute Gasteiger partial charge is 0.494 e. The lowest BCUT2D eigenvalue weighted by Gasteiger charge is -2.36. The Bertz CT molecular complexity index is 940. The number of nitrogens with zero attached hydrogens (tertiary/aromatic N) is 3. The van der Waals surface area contributed by atoms with Crippen molar-refractivity contribution >= 4 is 23.5 Å². The molecule has 1 unspecified atom stereocenters. The number of aliphatic imine (C=N–C) groups is 1. The minimum absolute atomic E-state index is 0.0251. The molecule has 0 spiro atoms. The number of rotatable bonds is 9. The van der Waals surface area contributed by atoms with Crippen LogP contribution in [0.1, 0.15) is 56.9 Å². The highest BCUT2D eigenvalue weighted by atomic mass is 16.5. The van der Waals surface area contributed by atoms with E-state index in [4.69, 9.17) is 9.47 Å². The zero-order valence-corrected chi connectivity index (χ0v) is 20.5. The van der Waals surface area contributed by atoms with Crippen molar-refractivity contribution in [2.45, 2.75) is 70.1 Å². The molecule has 1 aliphatic carbocycles. The Morgan fingerprint density at radius 2 is 2.11 bits per heavy atom. The average Bonchev–Trinajstić information content (AvgIpc) is 3.25. The molecule has 2 N–H and O–H groups in total. The molecule has 4 aliphatic rings. The van der Waals surface area contributed by atoms with Gasteiger partial charge < -0.3 is 24.6 Å². The van der Waals surface area contributed by atoms with Crippen molar-refractivity contribution in [3.8, 4) is 5.75 Å². The Labute approximate surface area is 207 Å². The first-order valence-corrected chi connectivity index (χ1v) is 13.2. The van der Waals surface area contributed by atoms with Crippen LogP contribution in [0.15, 0.2) is 23.2 Å². The van der Waals surface area contributed by atoms with Gasteiger partial charge >= 0.3 is 0 Å². The third kappa shape index (κ3) is 6.13. The minimum atomic E-state index is -0.0251. The Balaban J connectivity index is 1.10. The molecular weight excluding hydrogens is 446 g/mol. The Morgan fingerprint density at radius 3 is 2.94 bits per heavy atom. The summed E-state index contributed by atoms with van der Waals surface area (Å²) in [5, 5.41) is 6.17. The maximum atomic E-state index is 13.2. The van der Waals surface area contributed by atoms with Gasteiger partial charge in [-0.1, -0.05) is 19.3 Å². The van der Waals surface area contributed by atoms with E-state index in [9.17, 15) is 9.59 Å². The molecule has 9 nitrogen and oxygen atoms in total. The fraction of sp³-hybridized carbons (Fsp3) is 0.654. The number of nitrogens with one attached hydrogen (secondary N) is 2. The van der Waals surface area contributed by atoms with Gasteiger partial charge in [0.2, 0.25) is 17.8 Å². The molecule has 1 aromatic carbocycles. The van der Waals surface area contributed by atoms with Crippen LogP contribution >= 0.6 is 0 Å². The van der Waals surface area contributed by atoms with Crippen molar-refractivity contribution in [3.05, 3.63) is 23.8 Å². The smallest absolute Gasteiger partial charge is 0.246 e. The molecule has 0 radical (unpaired) electrons. The van der Waals surface area contributed by atoms with Gasteiger partial charge in [-0.05, 0) is 43.9 Å². The maximum absolute atomic E-state index is 13.2. The molecule has 3 fully saturated rings. The van der Waals surface area contributed by atoms with E-state index >= 15 is 0 Å². The second kappa shape index (κ2) is 11.4. The molecule has 35 heavy (non-hydrogen) atoms. The molecule has 5 rings (SSSR count). The highest BCUT2D eigenvalue weighted by Crippen LogP contribution is 2.30. The number of fused-ring (bicyclic) bond motifs is 2. The van der Waals surface area contributed by atoms with Crippen LogP contribution in [0.5, 0.6) is 5.75 Å². The van der Waals surface area contributed by atoms with Crippen LogP contribution in [0, 0.1) is 0 Å². The van der Waals surface area contributed by atoms with Crippen LogP contribution in [0.25, 0.3) is 0 Å². The summed E-state index contributed by atoms with van der Waals surface area (Å²) in [5.41, 5.74) is 1.91. The number of hydrogen-bond donors (Lipinski definition) is 2. The van der Waals surface area contributed by atoms with E-state index in [1.165, 1.54) is 19.3 Å². The average molecular weight is 484 g/mol. The zero-order valence-electron chi connectivity index (χ0n) is 20.5. The second-order valence-electron chi connectivity index (χ2n) is 9.95. The summed E-state index contributed by atoms with van der Waals surface area (Å²) >= 11 is 0. The number of morpholine rings is 1. The van der Waals surface area contributed by atoms with Crippen LogP contribution < -0.4 is 15.4 Å². The van der Waals surface area contributed by atoms with Crippen molar-refractivity contribution in [1.29, 1.82) is 0 Å². The summed E-state index contributed by atoms with van der Waals surface area (Å²) in [5.74, 6) is 1.62. The zero-order chi connectivity index (χ0) is 24.0. The van der Waals surface area contributed by atoms with Crippen molar-refractivity contribution in [1.82, 2.24) is 20.4 Å². The Morgan fingerprint density at radius 1 is 1.23 bits per heavy atom. The van der Waals surface area contributed by atoms with Crippen molar-refractivity contribution in [2.75, 3.05) is 39.4 Å². The molecule has 1 atom stereocenters. The molecule has 2 saturated heterocycles. The monoisotopic (exact) mass is 483 g/mol. The maximum Gasteiger partial charge on any atom is 0.246 e. The highest BCUT2D eigenvalue weighted by molar-refractivity contribution is 6.05. The lowest BCUT2D eigenvalue weighted by atomic mass is 9.93. The Kier molecular flexibility index (Phi) is 7.83. The highest BCUT2D eigenvalue weighted by Gasteiger charge is 2.29. The lowest BCUT2D eigenvalue weighted by molar-refractivity contribution is -0.135. The van der Waals surface area contributed by atoms with Gasteiger partial charge in [0.05, 0.1) is 25.0 Å². The summed E-state index contributed by atoms with van der Waals surface area (Å²) in [7, 11) is 0. The molecule has 0 bridgehead atoms. The summed E-state index contributed by atoms with van der Waals surface area (Å²) in [6, 6.07) is 6.19. The first-order chi connectivity index (χ1) is 17.2. The molecule has 1 aromatic rings. The van der Waals surface area contributed by atoms with Crippen LogP contribution in [-0.2, 0) is 20.9 Å². The number of hydrogen-bond acceptors (Lipinski definition) is 7. The molecule has 3 aliphatic heterocycles. The van der Waals surface area contributed by atoms with E-state index < -0.39 is 0 Å². The van der Waals surface area contributed by atoms with E-state index in [1.54, 1.807) is 0 Å². The normalized spacial score (nSPS) is 22.2. The topological polar surface area (TPSA) is 95.5 Å². The molecule has 190 valence electrons. The summed E-state index contributed by atoms with van der Waals surface area (Å²) < 4.78 is 11.8. The minimum Gasteiger partial charge on any atom is -0.494 e. The third-order valence-corrected chi connectivity index (χ3v) is 7.36. The number of guanidine groups is 1. The van der Waals surface area contributed by atoms with Gasteiger partial charge in [0.1, 0.15) is 12.3 Å². The fourth-order valence-electron chi connectivity index (χ4n) is 5.48. The van der Waals surface area contributed by atoms with E-state index in [2.05, 4.69) is 20.5 Å². The van der Waals surface area contributed by atoms with E-state index in [0.717, 1.165) is 62.5 Å². The van der Waals surface area contributed by atoms with Gasteiger partial charge in [-0.25, -0.2) is 4.99 Å². The lowest BCUT2D eigenvalue weighted by Crippen LogP contribution is -2.45. The van der Waals surface area contributed by atoms with Gasteiger partial charge in [-0.3, -0.25) is 14.9 Å². The predicted octanol–water partition coefficient (Wildman–Crippen LogP) is 2.32. The van der Waals surface area contributed by atoms with Crippen molar-refractivity contribution in [2.24, 2.45) is 4.99 Å². The number of carbonyl (C=O) groups is 2. The fourth-order valence-corrected chi connectivity index (χ4v) is 5.48. The predicted molar refractivity (Wildman–Crippen MR) is 133 cm³/mol. The van der Waals surface area contributed by atoms with Gasteiger partial charge in [-0.15, -0.1) is 0 Å². The molecule has 1 saturated carbocycles. The van der Waals surface area contributed by atoms with Crippen LogP contribution in [0.3, 0.4) is 0 Å². The first-order valence-electron chi connectivity index (χ1n) is 13.2. The number of carbonyl (C=O) groups excluding carboxylic acids is 2. The molecular formula is C26H37N5O4. The molecule has 2 amide bonds. The number of amides is 2. The van der Waals surface area contributed by atoms with Crippen LogP contribution in [0.2, 0.25) is 0 Å². The summed E-state index contributed by atoms with van der Waals surface area (Å²) in [6.07, 6.45) is 8.21. The van der Waals surface area contributed by atoms with E-state index in [1.807, 2.05) is 23.1 Å². The molecule has 9 heteroatoms. The number of ether oxygens (including phenoxy) is 2. The second-order valence-corrected chi connectivity index (χ2v) is 9.95. The summed E-state index contributed by atoms with van der Waals surface area (Å²) in [6.45, 7) is 4.79. The first kappa shape index (κ1) is 24.1. The van der Waals surface area contributed by atoms with Crippen LogP contribution in [-0.4, -0.2) is 79.1 Å². The number of benzene rings is 1.